The molecule has 2 aromatic heterocycles. The van der Waals surface area contributed by atoms with Crippen LogP contribution in [0.2, 0.25) is 0 Å². The van der Waals surface area contributed by atoms with Crippen molar-refractivity contribution in [1.29, 1.82) is 0 Å². The van der Waals surface area contributed by atoms with E-state index in [9.17, 15) is 13.0 Å². The molecule has 0 radical (unpaired) electrons. The van der Waals surface area contributed by atoms with Gasteiger partial charge in [-0.25, -0.2) is 8.42 Å². The number of sulfone groups is 1. The highest BCUT2D eigenvalue weighted by atomic mass is 32.2. The number of hydrogen-bond donors (Lipinski definition) is 2. The SMILES string of the molecule is COc1cc(P(C)(C)=O)ccc1Nc1nc(Nc2ccccc2S(=O)(=O)C(C)C)n2nccc2n1. The summed E-state index contributed by atoms with van der Waals surface area (Å²) in [5.41, 5.74) is 1.46. The predicted octanol–water partition coefficient (Wildman–Crippen LogP) is 4.05. The maximum absolute atomic E-state index is 12.9. The second-order valence-electron chi connectivity index (χ2n) is 8.55. The molecule has 0 amide bonds. The van der Waals surface area contributed by atoms with E-state index in [2.05, 4.69) is 25.7 Å². The lowest BCUT2D eigenvalue weighted by Crippen LogP contribution is -2.16. The molecule has 0 fully saturated rings. The molecule has 184 valence electrons. The summed E-state index contributed by atoms with van der Waals surface area (Å²) < 4.78 is 45.2. The van der Waals surface area contributed by atoms with E-state index >= 15 is 0 Å². The maximum atomic E-state index is 12.9. The lowest BCUT2D eigenvalue weighted by atomic mass is 10.3. The van der Waals surface area contributed by atoms with Crippen LogP contribution in [0.5, 0.6) is 5.75 Å². The Hall–Kier alpha value is -3.43. The summed E-state index contributed by atoms with van der Waals surface area (Å²) >= 11 is 0. The Labute approximate surface area is 204 Å². The van der Waals surface area contributed by atoms with Gasteiger partial charge in [0.25, 0.3) is 0 Å². The van der Waals surface area contributed by atoms with Crippen LogP contribution in [-0.2, 0) is 14.4 Å². The van der Waals surface area contributed by atoms with Crippen molar-refractivity contribution in [2.75, 3.05) is 31.1 Å². The zero-order chi connectivity index (χ0) is 25.4. The molecule has 0 saturated carbocycles. The van der Waals surface area contributed by atoms with Gasteiger partial charge in [-0.05, 0) is 57.5 Å². The van der Waals surface area contributed by atoms with E-state index in [1.54, 1.807) is 81.9 Å². The van der Waals surface area contributed by atoms with E-state index in [-0.39, 0.29) is 16.8 Å². The molecule has 12 heteroatoms. The first-order valence-corrected chi connectivity index (χ1v) is 15.0. The third-order valence-corrected chi connectivity index (χ3v) is 9.10. The molecule has 2 heterocycles. The second kappa shape index (κ2) is 9.31. The number of nitrogens with one attached hydrogen (secondary N) is 2. The number of ether oxygens (including phenoxy) is 1. The zero-order valence-electron chi connectivity index (χ0n) is 20.1. The van der Waals surface area contributed by atoms with Crippen LogP contribution in [0.3, 0.4) is 0 Å². The van der Waals surface area contributed by atoms with Crippen molar-refractivity contribution in [3.05, 3.63) is 54.7 Å². The molecule has 2 aromatic carbocycles. The Bertz CT molecular complexity index is 1540. The first-order valence-electron chi connectivity index (χ1n) is 10.8. The fourth-order valence-electron chi connectivity index (χ4n) is 3.39. The number of aromatic nitrogens is 4. The van der Waals surface area contributed by atoms with Crippen molar-refractivity contribution in [1.82, 2.24) is 19.6 Å². The van der Waals surface area contributed by atoms with Crippen LogP contribution in [0.25, 0.3) is 5.65 Å². The van der Waals surface area contributed by atoms with Crippen molar-refractivity contribution in [2.24, 2.45) is 0 Å². The number of para-hydroxylation sites is 1. The van der Waals surface area contributed by atoms with Gasteiger partial charge in [-0.2, -0.15) is 19.6 Å². The number of fused-ring (bicyclic) bond motifs is 1. The Morgan fingerprint density at radius 3 is 2.43 bits per heavy atom. The van der Waals surface area contributed by atoms with Gasteiger partial charge in [0.1, 0.15) is 12.9 Å². The zero-order valence-corrected chi connectivity index (χ0v) is 21.8. The number of rotatable bonds is 8. The highest BCUT2D eigenvalue weighted by molar-refractivity contribution is 7.92. The number of anilines is 4. The molecule has 10 nitrogen and oxygen atoms in total. The molecule has 4 rings (SSSR count). The minimum absolute atomic E-state index is 0.171. The average molecular weight is 515 g/mol. The van der Waals surface area contributed by atoms with Gasteiger partial charge < -0.3 is 19.9 Å². The molecule has 4 aromatic rings. The molecule has 0 aliphatic heterocycles. The van der Waals surface area contributed by atoms with Gasteiger partial charge in [-0.15, -0.1) is 0 Å². The minimum Gasteiger partial charge on any atom is -0.495 e. The first kappa shape index (κ1) is 24.7. The molecular weight excluding hydrogens is 487 g/mol. The molecule has 0 saturated heterocycles. The van der Waals surface area contributed by atoms with Crippen LogP contribution < -0.4 is 20.7 Å². The van der Waals surface area contributed by atoms with Gasteiger partial charge in [0.15, 0.2) is 15.5 Å². The van der Waals surface area contributed by atoms with Crippen molar-refractivity contribution < 1.29 is 17.7 Å². The lowest BCUT2D eigenvalue weighted by molar-refractivity contribution is 0.417. The van der Waals surface area contributed by atoms with Gasteiger partial charge in [0, 0.05) is 11.4 Å². The van der Waals surface area contributed by atoms with Crippen LogP contribution in [0, 0.1) is 0 Å². The molecule has 0 atom stereocenters. The number of nitrogens with zero attached hydrogens (tertiary/aromatic N) is 4. The fourth-order valence-corrected chi connectivity index (χ4v) is 5.46. The third kappa shape index (κ3) is 5.01. The average Bonchev–Trinajstić information content (AvgIpc) is 3.28. The summed E-state index contributed by atoms with van der Waals surface area (Å²) in [4.78, 5) is 9.20. The predicted molar refractivity (Wildman–Crippen MR) is 138 cm³/mol. The summed E-state index contributed by atoms with van der Waals surface area (Å²) in [5, 5.41) is 10.6. The van der Waals surface area contributed by atoms with Crippen molar-refractivity contribution in [3.63, 3.8) is 0 Å². The molecule has 35 heavy (non-hydrogen) atoms. The van der Waals surface area contributed by atoms with E-state index in [1.165, 1.54) is 11.6 Å². The molecule has 0 unspecified atom stereocenters. The summed E-state index contributed by atoms with van der Waals surface area (Å²) in [7, 11) is -4.48. The van der Waals surface area contributed by atoms with Gasteiger partial charge >= 0.3 is 0 Å². The Morgan fingerprint density at radius 1 is 1.00 bits per heavy atom. The van der Waals surface area contributed by atoms with Crippen molar-refractivity contribution in [3.8, 4) is 5.75 Å². The minimum atomic E-state index is -3.54. The molecule has 0 spiro atoms. The van der Waals surface area contributed by atoms with E-state index < -0.39 is 22.2 Å². The van der Waals surface area contributed by atoms with Gasteiger partial charge in [0.2, 0.25) is 11.9 Å². The molecule has 2 N–H and O–H groups in total. The first-order chi connectivity index (χ1) is 16.5. The Morgan fingerprint density at radius 2 is 1.74 bits per heavy atom. The summed E-state index contributed by atoms with van der Waals surface area (Å²) in [6.45, 7) is 6.67. The summed E-state index contributed by atoms with van der Waals surface area (Å²) in [5.74, 6) is 1.01. The largest absolute Gasteiger partial charge is 0.495 e. The number of hydrogen-bond acceptors (Lipinski definition) is 9. The van der Waals surface area contributed by atoms with Crippen molar-refractivity contribution >= 4 is 51.2 Å². The second-order valence-corrected chi connectivity index (χ2v) is 14.2. The topological polar surface area (TPSA) is 128 Å². The van der Waals surface area contributed by atoms with Crippen LogP contribution in [0.1, 0.15) is 13.8 Å². The van der Waals surface area contributed by atoms with Gasteiger partial charge in [-0.3, -0.25) is 0 Å². The summed E-state index contributed by atoms with van der Waals surface area (Å²) in [6, 6.07) is 13.6. The van der Waals surface area contributed by atoms with E-state index in [4.69, 9.17) is 4.74 Å². The monoisotopic (exact) mass is 514 g/mol. The quantitative estimate of drug-likeness (QED) is 0.335. The van der Waals surface area contributed by atoms with Crippen molar-refractivity contribution in [2.45, 2.75) is 24.0 Å². The lowest BCUT2D eigenvalue weighted by Gasteiger charge is -2.16. The van der Waals surface area contributed by atoms with Crippen LogP contribution in [0.4, 0.5) is 23.3 Å². The number of benzene rings is 2. The fraction of sp³-hybridized carbons (Fsp3) is 0.261. The Kier molecular flexibility index (Phi) is 6.57. The maximum Gasteiger partial charge on any atom is 0.233 e. The molecular formula is C23H27N6O4PS. The van der Waals surface area contributed by atoms with Crippen LogP contribution >= 0.6 is 7.14 Å². The smallest absolute Gasteiger partial charge is 0.233 e. The van der Waals surface area contributed by atoms with Gasteiger partial charge in [0.05, 0.1) is 34.8 Å². The molecule has 0 bridgehead atoms. The molecule has 0 aliphatic rings. The van der Waals surface area contributed by atoms with E-state index in [0.29, 0.717) is 28.1 Å². The van der Waals surface area contributed by atoms with Crippen LogP contribution in [-0.4, -0.2) is 53.7 Å². The van der Waals surface area contributed by atoms with Gasteiger partial charge in [-0.1, -0.05) is 12.1 Å². The highest BCUT2D eigenvalue weighted by Gasteiger charge is 2.23. The standard InChI is InChI=1S/C23H27N6O4PS/c1-15(2)35(31,32)20-9-7-6-8-18(20)26-23-28-22(27-21-12-13-24-29(21)23)25-17-11-10-16(34(4,5)30)14-19(17)33-3/h6-15H,1-5H3,(H2,25,26,27,28). The Balaban J connectivity index is 1.75. The normalized spacial score (nSPS) is 12.2. The molecule has 0 aliphatic carbocycles. The van der Waals surface area contributed by atoms with Crippen LogP contribution in [0.15, 0.2) is 59.6 Å². The third-order valence-electron chi connectivity index (χ3n) is 5.37. The summed E-state index contributed by atoms with van der Waals surface area (Å²) in [6.07, 6.45) is 1.57. The number of methoxy groups -OCH3 is 1. The van der Waals surface area contributed by atoms with E-state index in [1.807, 2.05) is 0 Å². The highest BCUT2D eigenvalue weighted by Crippen LogP contribution is 2.38. The van der Waals surface area contributed by atoms with E-state index in [0.717, 1.165) is 0 Å².